The van der Waals surface area contributed by atoms with Crippen molar-refractivity contribution in [3.8, 4) is 0 Å². The van der Waals surface area contributed by atoms with Crippen molar-refractivity contribution in [1.29, 1.82) is 0 Å². The minimum absolute atomic E-state index is 0.264. The van der Waals surface area contributed by atoms with Gasteiger partial charge in [-0.3, -0.25) is 15.0 Å². The summed E-state index contributed by atoms with van der Waals surface area (Å²) in [5, 5.41) is 2.17. The van der Waals surface area contributed by atoms with Gasteiger partial charge in [0.05, 0.1) is 6.04 Å². The predicted molar refractivity (Wildman–Crippen MR) is 68.8 cm³/mol. The Morgan fingerprint density at radius 3 is 2.56 bits per heavy atom. The smallest absolute Gasteiger partial charge is 0.318 e. The summed E-state index contributed by atoms with van der Waals surface area (Å²) in [7, 11) is 0. The van der Waals surface area contributed by atoms with Gasteiger partial charge < -0.3 is 5.73 Å². The zero-order valence-electron chi connectivity index (χ0n) is 11.0. The monoisotopic (exact) mass is 253 g/mol. The lowest BCUT2D eigenvalue weighted by atomic mass is 9.75. The van der Waals surface area contributed by atoms with Gasteiger partial charge in [0.15, 0.2) is 0 Å². The maximum absolute atomic E-state index is 11.8. The molecule has 1 heterocycles. The number of urea groups is 1. The Hall–Kier alpha value is -1.10. The molecule has 102 valence electrons. The van der Waals surface area contributed by atoms with Crippen molar-refractivity contribution < 1.29 is 9.59 Å². The second-order valence-corrected chi connectivity index (χ2v) is 5.62. The first-order chi connectivity index (χ1) is 8.58. The van der Waals surface area contributed by atoms with Gasteiger partial charge in [-0.1, -0.05) is 19.3 Å². The summed E-state index contributed by atoms with van der Waals surface area (Å²) in [6, 6.07) is -1.03. The Labute approximate surface area is 108 Å². The lowest BCUT2D eigenvalue weighted by molar-refractivity contribution is -0.125. The third-order valence-electron chi connectivity index (χ3n) is 4.50. The van der Waals surface area contributed by atoms with E-state index in [1.54, 1.807) is 0 Å². The second-order valence-electron chi connectivity index (χ2n) is 5.62. The minimum Gasteiger partial charge on any atom is -0.351 e. The van der Waals surface area contributed by atoms with Crippen LogP contribution in [0.4, 0.5) is 4.79 Å². The molecule has 5 heteroatoms. The number of rotatable bonds is 2. The summed E-state index contributed by atoms with van der Waals surface area (Å²) in [6.45, 7) is 3.79. The van der Waals surface area contributed by atoms with E-state index in [4.69, 9.17) is 5.73 Å². The maximum Gasteiger partial charge on any atom is 0.318 e. The predicted octanol–water partition coefficient (Wildman–Crippen LogP) is 1.08. The molecule has 0 radical (unpaired) electrons. The molecule has 18 heavy (non-hydrogen) atoms. The molecule has 0 bridgehead atoms. The van der Waals surface area contributed by atoms with Gasteiger partial charge in [-0.2, -0.15) is 0 Å². The van der Waals surface area contributed by atoms with Crippen LogP contribution in [0.25, 0.3) is 0 Å². The molecule has 1 aliphatic carbocycles. The van der Waals surface area contributed by atoms with Gasteiger partial charge in [0, 0.05) is 6.54 Å². The summed E-state index contributed by atoms with van der Waals surface area (Å²) < 4.78 is 0. The van der Waals surface area contributed by atoms with Crippen molar-refractivity contribution in [3.05, 3.63) is 0 Å². The Kier molecular flexibility index (Phi) is 4.22. The lowest BCUT2D eigenvalue weighted by Crippen LogP contribution is -2.53. The molecule has 0 aromatic rings. The molecule has 2 rings (SSSR count). The Bertz CT molecular complexity index is 332. The SMILES string of the molecule is C[C@H](C(=O)NC(N)=O)N1CC[C@@H]2CCCC[C@@H]2C1. The Morgan fingerprint density at radius 2 is 1.89 bits per heavy atom. The van der Waals surface area contributed by atoms with Gasteiger partial charge in [0.25, 0.3) is 0 Å². The van der Waals surface area contributed by atoms with Crippen LogP contribution in [-0.4, -0.2) is 36.0 Å². The Morgan fingerprint density at radius 1 is 1.22 bits per heavy atom. The topological polar surface area (TPSA) is 75.4 Å². The number of carbonyl (C=O) groups is 2. The average molecular weight is 253 g/mol. The number of likely N-dealkylation sites (tertiary alicyclic amines) is 1. The number of nitrogens with one attached hydrogen (secondary N) is 1. The highest BCUT2D eigenvalue weighted by atomic mass is 16.2. The molecule has 2 fully saturated rings. The van der Waals surface area contributed by atoms with E-state index >= 15 is 0 Å². The highest BCUT2D eigenvalue weighted by molar-refractivity contribution is 5.96. The van der Waals surface area contributed by atoms with Crippen LogP contribution < -0.4 is 11.1 Å². The summed E-state index contributed by atoms with van der Waals surface area (Å²) in [6.07, 6.45) is 6.49. The van der Waals surface area contributed by atoms with Crippen molar-refractivity contribution in [3.63, 3.8) is 0 Å². The summed E-state index contributed by atoms with van der Waals surface area (Å²) in [4.78, 5) is 24.6. The third kappa shape index (κ3) is 3.02. The van der Waals surface area contributed by atoms with Crippen molar-refractivity contribution in [2.45, 2.75) is 45.1 Å². The van der Waals surface area contributed by atoms with Crippen LogP contribution >= 0.6 is 0 Å². The van der Waals surface area contributed by atoms with Crippen LogP contribution in [0.5, 0.6) is 0 Å². The number of primary amides is 1. The molecular formula is C13H23N3O2. The number of fused-ring (bicyclic) bond motifs is 1. The third-order valence-corrected chi connectivity index (χ3v) is 4.50. The summed E-state index contributed by atoms with van der Waals surface area (Å²) in [5.41, 5.74) is 4.98. The highest BCUT2D eigenvalue weighted by Crippen LogP contribution is 2.36. The first-order valence-corrected chi connectivity index (χ1v) is 6.92. The van der Waals surface area contributed by atoms with Crippen LogP contribution in [0.2, 0.25) is 0 Å². The first kappa shape index (κ1) is 13.3. The number of carbonyl (C=O) groups excluding carboxylic acids is 2. The van der Waals surface area contributed by atoms with Gasteiger partial charge in [-0.15, -0.1) is 0 Å². The molecule has 0 aromatic carbocycles. The zero-order chi connectivity index (χ0) is 13.1. The fraction of sp³-hybridized carbons (Fsp3) is 0.846. The van der Waals surface area contributed by atoms with Crippen molar-refractivity contribution >= 4 is 11.9 Å². The number of piperidine rings is 1. The lowest BCUT2D eigenvalue weighted by Gasteiger charge is -2.43. The van der Waals surface area contributed by atoms with E-state index in [9.17, 15) is 9.59 Å². The quantitative estimate of drug-likeness (QED) is 0.773. The van der Waals surface area contributed by atoms with E-state index in [1.807, 2.05) is 6.92 Å². The van der Waals surface area contributed by atoms with Crippen LogP contribution in [0.1, 0.15) is 39.0 Å². The maximum atomic E-state index is 11.8. The number of amides is 3. The average Bonchev–Trinajstić information content (AvgIpc) is 2.36. The largest absolute Gasteiger partial charge is 0.351 e. The number of nitrogens with two attached hydrogens (primary N) is 1. The molecule has 3 atom stereocenters. The number of nitrogens with zero attached hydrogens (tertiary/aromatic N) is 1. The van der Waals surface area contributed by atoms with Crippen molar-refractivity contribution in [1.82, 2.24) is 10.2 Å². The normalized spacial score (nSPS) is 30.3. The first-order valence-electron chi connectivity index (χ1n) is 6.92. The summed E-state index contributed by atoms with van der Waals surface area (Å²) in [5.74, 6) is 1.30. The zero-order valence-corrected chi connectivity index (χ0v) is 11.0. The van der Waals surface area contributed by atoms with E-state index in [1.165, 1.54) is 32.1 Å². The molecule has 1 saturated carbocycles. The molecular weight excluding hydrogens is 230 g/mol. The highest BCUT2D eigenvalue weighted by Gasteiger charge is 2.34. The fourth-order valence-corrected chi connectivity index (χ4v) is 3.37. The number of hydrogen-bond donors (Lipinski definition) is 2. The molecule has 0 spiro atoms. The summed E-state index contributed by atoms with van der Waals surface area (Å²) >= 11 is 0. The fourth-order valence-electron chi connectivity index (χ4n) is 3.37. The Balaban J connectivity index is 1.89. The van der Waals surface area contributed by atoms with Crippen molar-refractivity contribution in [2.24, 2.45) is 17.6 Å². The van der Waals surface area contributed by atoms with Gasteiger partial charge in [0.1, 0.15) is 0 Å². The van der Waals surface area contributed by atoms with Gasteiger partial charge in [0.2, 0.25) is 5.91 Å². The van der Waals surface area contributed by atoms with E-state index in [0.29, 0.717) is 0 Å². The molecule has 1 saturated heterocycles. The second kappa shape index (κ2) is 5.69. The van der Waals surface area contributed by atoms with E-state index < -0.39 is 6.03 Å². The van der Waals surface area contributed by atoms with Crippen LogP contribution in [0, 0.1) is 11.8 Å². The molecule has 5 nitrogen and oxygen atoms in total. The number of hydrogen-bond acceptors (Lipinski definition) is 3. The van der Waals surface area contributed by atoms with Crippen molar-refractivity contribution in [2.75, 3.05) is 13.1 Å². The molecule has 3 amide bonds. The van der Waals surface area contributed by atoms with Crippen LogP contribution in [0.15, 0.2) is 0 Å². The molecule has 3 N–H and O–H groups in total. The van der Waals surface area contributed by atoms with E-state index in [0.717, 1.165) is 24.9 Å². The molecule has 2 aliphatic rings. The van der Waals surface area contributed by atoms with Gasteiger partial charge in [-0.25, -0.2) is 4.79 Å². The van der Waals surface area contributed by atoms with Crippen LogP contribution in [0.3, 0.4) is 0 Å². The van der Waals surface area contributed by atoms with Gasteiger partial charge >= 0.3 is 6.03 Å². The number of imide groups is 1. The van der Waals surface area contributed by atoms with Gasteiger partial charge in [-0.05, 0) is 38.1 Å². The molecule has 1 aliphatic heterocycles. The molecule has 0 aromatic heterocycles. The van der Waals surface area contributed by atoms with E-state index in [2.05, 4.69) is 10.2 Å². The standard InChI is InChI=1S/C13H23N3O2/c1-9(12(17)15-13(14)18)16-7-6-10-4-2-3-5-11(10)8-16/h9-11H,2-8H2,1H3,(H3,14,15,17,18)/t9-,10+,11-/m1/s1. The molecule has 0 unspecified atom stereocenters. The minimum atomic E-state index is -0.764. The van der Waals surface area contributed by atoms with E-state index in [-0.39, 0.29) is 11.9 Å². The van der Waals surface area contributed by atoms with Crippen LogP contribution in [-0.2, 0) is 4.79 Å².